The van der Waals surface area contributed by atoms with Crippen LogP contribution in [-0.4, -0.2) is 41.3 Å². The van der Waals surface area contributed by atoms with E-state index in [4.69, 9.17) is 5.11 Å². The molecule has 1 aliphatic heterocycles. The Balaban J connectivity index is 1.78. The Morgan fingerprint density at radius 2 is 1.53 bits per heavy atom. The Hall–Kier alpha value is -0.780. The maximum atomic E-state index is 12.6. The topological polar surface area (TPSA) is 40.5 Å². The quantitative estimate of drug-likeness (QED) is 0.845. The molecule has 1 N–H and O–H groups in total. The monoisotopic (exact) mass is 279 g/mol. The minimum atomic E-state index is -4.05. The second-order valence-corrected chi connectivity index (χ2v) is 5.70. The van der Waals surface area contributed by atoms with Gasteiger partial charge in [-0.15, -0.1) is 0 Å². The highest BCUT2D eigenvalue weighted by Crippen LogP contribution is 2.39. The van der Waals surface area contributed by atoms with Gasteiger partial charge in [0, 0.05) is 6.04 Å². The van der Waals surface area contributed by atoms with Crippen LogP contribution in [0.5, 0.6) is 0 Å². The molecule has 0 aromatic heterocycles. The van der Waals surface area contributed by atoms with Gasteiger partial charge in [-0.1, -0.05) is 0 Å². The van der Waals surface area contributed by atoms with Crippen LogP contribution in [0.15, 0.2) is 0 Å². The van der Waals surface area contributed by atoms with Gasteiger partial charge < -0.3 is 10.0 Å². The number of hydrogen-bond acceptors (Lipinski definition) is 2. The molecule has 1 heterocycles. The lowest BCUT2D eigenvalue weighted by Crippen LogP contribution is -2.45. The van der Waals surface area contributed by atoms with Gasteiger partial charge in [0.25, 0.3) is 0 Å². The molecule has 2 fully saturated rings. The largest absolute Gasteiger partial charge is 0.481 e. The summed E-state index contributed by atoms with van der Waals surface area (Å²) in [5, 5.41) is 8.92. The van der Waals surface area contributed by atoms with E-state index >= 15 is 0 Å². The molecule has 110 valence electrons. The molecular formula is C13H20F3NO2. The van der Waals surface area contributed by atoms with Crippen molar-refractivity contribution < 1.29 is 23.1 Å². The van der Waals surface area contributed by atoms with Crippen LogP contribution in [0.1, 0.15) is 38.5 Å². The number of halogens is 3. The summed E-state index contributed by atoms with van der Waals surface area (Å²) in [6.45, 7) is 1.41. The lowest BCUT2D eigenvalue weighted by atomic mass is 9.83. The van der Waals surface area contributed by atoms with E-state index in [2.05, 4.69) is 4.90 Å². The van der Waals surface area contributed by atoms with E-state index in [1.165, 1.54) is 0 Å². The van der Waals surface area contributed by atoms with Gasteiger partial charge in [0.1, 0.15) is 0 Å². The summed E-state index contributed by atoms with van der Waals surface area (Å²) < 4.78 is 37.7. The van der Waals surface area contributed by atoms with Crippen molar-refractivity contribution in [2.24, 2.45) is 11.8 Å². The van der Waals surface area contributed by atoms with Crippen LogP contribution in [0.3, 0.4) is 0 Å². The fourth-order valence-electron chi connectivity index (χ4n) is 3.28. The van der Waals surface area contributed by atoms with E-state index in [-0.39, 0.29) is 24.8 Å². The summed E-state index contributed by atoms with van der Waals surface area (Å²) >= 11 is 0. The number of likely N-dealkylation sites (tertiary alicyclic amines) is 1. The van der Waals surface area contributed by atoms with Gasteiger partial charge in [-0.2, -0.15) is 13.2 Å². The van der Waals surface area contributed by atoms with Gasteiger partial charge in [-0.05, 0) is 51.6 Å². The van der Waals surface area contributed by atoms with Crippen LogP contribution >= 0.6 is 0 Å². The zero-order valence-corrected chi connectivity index (χ0v) is 10.8. The van der Waals surface area contributed by atoms with Gasteiger partial charge in [0.15, 0.2) is 0 Å². The SMILES string of the molecule is O=C(O)C1CCN(C2CCC(C(F)(F)F)CC2)CC1. The summed E-state index contributed by atoms with van der Waals surface area (Å²) in [4.78, 5) is 13.0. The molecule has 2 aliphatic rings. The predicted molar refractivity (Wildman–Crippen MR) is 63.7 cm³/mol. The van der Waals surface area contributed by atoms with Crippen LogP contribution in [0.25, 0.3) is 0 Å². The number of alkyl halides is 3. The highest BCUT2D eigenvalue weighted by Gasteiger charge is 2.42. The molecule has 1 aliphatic carbocycles. The Morgan fingerprint density at radius 3 is 1.95 bits per heavy atom. The van der Waals surface area contributed by atoms with E-state index in [1.807, 2.05) is 0 Å². The van der Waals surface area contributed by atoms with Crippen LogP contribution in [0.4, 0.5) is 13.2 Å². The molecule has 19 heavy (non-hydrogen) atoms. The number of hydrogen-bond donors (Lipinski definition) is 1. The molecule has 0 atom stereocenters. The number of piperidine rings is 1. The van der Waals surface area contributed by atoms with E-state index in [1.54, 1.807) is 0 Å². The molecule has 0 amide bonds. The average Bonchev–Trinajstić information content (AvgIpc) is 2.38. The summed E-state index contributed by atoms with van der Waals surface area (Å²) in [6, 6.07) is 0.216. The first-order valence-electron chi connectivity index (χ1n) is 6.91. The Morgan fingerprint density at radius 1 is 1.00 bits per heavy atom. The van der Waals surface area contributed by atoms with Crippen molar-refractivity contribution in [2.75, 3.05) is 13.1 Å². The Labute approximate surface area is 110 Å². The molecule has 1 saturated heterocycles. The Kier molecular flexibility index (Phi) is 4.38. The molecule has 0 bridgehead atoms. The number of nitrogens with zero attached hydrogens (tertiary/aromatic N) is 1. The molecular weight excluding hydrogens is 259 g/mol. The third-order valence-corrected chi connectivity index (χ3v) is 4.55. The number of rotatable bonds is 2. The second kappa shape index (κ2) is 5.69. The minimum Gasteiger partial charge on any atom is -0.481 e. The first kappa shape index (κ1) is 14.6. The van der Waals surface area contributed by atoms with Crippen LogP contribution < -0.4 is 0 Å². The van der Waals surface area contributed by atoms with Crippen molar-refractivity contribution in [1.82, 2.24) is 4.90 Å². The predicted octanol–water partition coefficient (Wildman–Crippen LogP) is 2.90. The van der Waals surface area contributed by atoms with Gasteiger partial charge in [0.05, 0.1) is 11.8 Å². The summed E-state index contributed by atoms with van der Waals surface area (Å²) in [5.41, 5.74) is 0. The number of carboxylic acids is 1. The van der Waals surface area contributed by atoms with E-state index < -0.39 is 18.1 Å². The normalized spacial score (nSPS) is 31.3. The maximum Gasteiger partial charge on any atom is 0.391 e. The van der Waals surface area contributed by atoms with E-state index in [0.717, 1.165) is 0 Å². The lowest BCUT2D eigenvalue weighted by Gasteiger charge is -2.40. The zero-order valence-electron chi connectivity index (χ0n) is 10.8. The highest BCUT2D eigenvalue weighted by molar-refractivity contribution is 5.70. The van der Waals surface area contributed by atoms with Crippen molar-refractivity contribution in [3.63, 3.8) is 0 Å². The van der Waals surface area contributed by atoms with Gasteiger partial charge in [-0.25, -0.2) is 0 Å². The van der Waals surface area contributed by atoms with Gasteiger partial charge >= 0.3 is 12.1 Å². The lowest BCUT2D eigenvalue weighted by molar-refractivity contribution is -0.184. The van der Waals surface area contributed by atoms with Crippen LogP contribution in [0, 0.1) is 11.8 Å². The number of aliphatic carboxylic acids is 1. The minimum absolute atomic E-state index is 0.215. The zero-order chi connectivity index (χ0) is 14.0. The van der Waals surface area contributed by atoms with E-state index in [9.17, 15) is 18.0 Å². The average molecular weight is 279 g/mol. The molecule has 6 heteroatoms. The van der Waals surface area contributed by atoms with Crippen molar-refractivity contribution in [3.05, 3.63) is 0 Å². The summed E-state index contributed by atoms with van der Waals surface area (Å²) in [5.74, 6) is -2.16. The molecule has 3 nitrogen and oxygen atoms in total. The third kappa shape index (κ3) is 3.61. The highest BCUT2D eigenvalue weighted by atomic mass is 19.4. The van der Waals surface area contributed by atoms with E-state index in [0.29, 0.717) is 38.8 Å². The van der Waals surface area contributed by atoms with Gasteiger partial charge in [-0.3, -0.25) is 4.79 Å². The molecule has 1 saturated carbocycles. The van der Waals surface area contributed by atoms with Crippen molar-refractivity contribution in [3.8, 4) is 0 Å². The number of carboxylic acid groups (broad SMARTS) is 1. The first-order valence-corrected chi connectivity index (χ1v) is 6.91. The molecule has 0 spiro atoms. The first-order chi connectivity index (χ1) is 8.88. The summed E-state index contributed by atoms with van der Waals surface area (Å²) in [7, 11) is 0. The smallest absolute Gasteiger partial charge is 0.391 e. The van der Waals surface area contributed by atoms with Gasteiger partial charge in [0.2, 0.25) is 0 Å². The Bertz CT molecular complexity index is 316. The fraction of sp³-hybridized carbons (Fsp3) is 0.923. The van der Waals surface area contributed by atoms with Crippen LogP contribution in [-0.2, 0) is 4.79 Å². The van der Waals surface area contributed by atoms with Crippen molar-refractivity contribution >= 4 is 5.97 Å². The fourth-order valence-corrected chi connectivity index (χ4v) is 3.28. The third-order valence-electron chi connectivity index (χ3n) is 4.55. The van der Waals surface area contributed by atoms with Crippen LogP contribution in [0.2, 0.25) is 0 Å². The summed E-state index contributed by atoms with van der Waals surface area (Å²) in [6.07, 6.45) is -1.21. The van der Waals surface area contributed by atoms with Crippen molar-refractivity contribution in [1.29, 1.82) is 0 Å². The molecule has 2 rings (SSSR count). The molecule has 0 aromatic carbocycles. The molecule has 0 radical (unpaired) electrons. The van der Waals surface area contributed by atoms with Crippen molar-refractivity contribution in [2.45, 2.75) is 50.7 Å². The standard InChI is InChI=1S/C13H20F3NO2/c14-13(15,16)10-1-3-11(4-2-10)17-7-5-9(6-8-17)12(18)19/h9-11H,1-8H2,(H,18,19). The molecule has 0 aromatic rings. The molecule has 0 unspecified atom stereocenters. The second-order valence-electron chi connectivity index (χ2n) is 5.70. The maximum absolute atomic E-state index is 12.6. The number of carbonyl (C=O) groups is 1.